The maximum absolute atomic E-state index is 11.4. The third-order valence-electron chi connectivity index (χ3n) is 1.97. The second kappa shape index (κ2) is 10.2. The van der Waals surface area contributed by atoms with Crippen LogP contribution in [0.2, 0.25) is 0 Å². The van der Waals surface area contributed by atoms with Gasteiger partial charge in [-0.25, -0.2) is 0 Å². The van der Waals surface area contributed by atoms with Gasteiger partial charge in [-0.15, -0.1) is 11.8 Å². The second-order valence-corrected chi connectivity index (χ2v) is 7.48. The zero-order chi connectivity index (χ0) is 15.6. The second-order valence-electron chi connectivity index (χ2n) is 5.03. The number of ether oxygens (including phenoxy) is 2. The summed E-state index contributed by atoms with van der Waals surface area (Å²) in [6.07, 6.45) is 4.57. The van der Waals surface area contributed by atoms with E-state index in [-0.39, 0.29) is 13.0 Å². The van der Waals surface area contributed by atoms with Gasteiger partial charge in [0.1, 0.15) is 18.6 Å². The van der Waals surface area contributed by atoms with Gasteiger partial charge in [0.05, 0.1) is 4.58 Å². The number of rotatable bonds is 8. The summed E-state index contributed by atoms with van der Waals surface area (Å²) in [5.74, 6) is -1.12. The number of hydrogen-bond donors (Lipinski definition) is 0. The highest BCUT2D eigenvalue weighted by molar-refractivity contribution is 8.18. The van der Waals surface area contributed by atoms with Crippen LogP contribution in [-0.4, -0.2) is 35.0 Å². The smallest absolute Gasteiger partial charge is 0.317 e. The molecule has 0 radical (unpaired) electrons. The zero-order valence-electron chi connectivity index (χ0n) is 12.8. The Hall–Kier alpha value is -0.620. The van der Waals surface area contributed by atoms with E-state index in [9.17, 15) is 9.59 Å². The van der Waals surface area contributed by atoms with Gasteiger partial charge in [0.25, 0.3) is 0 Å². The van der Waals surface area contributed by atoms with Crippen molar-refractivity contribution in [1.82, 2.24) is 0 Å². The highest BCUT2D eigenvalue weighted by Gasteiger charge is 2.19. The van der Waals surface area contributed by atoms with Crippen molar-refractivity contribution < 1.29 is 19.1 Å². The summed E-state index contributed by atoms with van der Waals surface area (Å²) in [5.41, 5.74) is -0.582. The Balaban J connectivity index is 3.84. The molecule has 1 atom stereocenters. The fourth-order valence-corrected chi connectivity index (χ4v) is 2.72. The van der Waals surface area contributed by atoms with E-state index < -0.39 is 17.5 Å². The van der Waals surface area contributed by atoms with Crippen molar-refractivity contribution in [3.05, 3.63) is 11.5 Å². The molecule has 20 heavy (non-hydrogen) atoms. The summed E-state index contributed by atoms with van der Waals surface area (Å²) in [6, 6.07) is 0. The van der Waals surface area contributed by atoms with Gasteiger partial charge in [-0.2, -0.15) is 11.8 Å². The fourth-order valence-electron chi connectivity index (χ4n) is 1.19. The first-order chi connectivity index (χ1) is 9.28. The number of esters is 2. The molecule has 0 rings (SSSR count). The quantitative estimate of drug-likeness (QED) is 0.387. The molecule has 0 spiro atoms. The summed E-state index contributed by atoms with van der Waals surface area (Å²) < 4.78 is 10.5. The lowest BCUT2D eigenvalue weighted by Crippen LogP contribution is -2.25. The Bertz CT molecular complexity index is 331. The maximum atomic E-state index is 11.4. The first-order valence-electron chi connectivity index (χ1n) is 6.49. The largest absolute Gasteiger partial charge is 0.461 e. The van der Waals surface area contributed by atoms with E-state index in [1.165, 1.54) is 0 Å². The molecule has 0 bridgehead atoms. The predicted molar refractivity (Wildman–Crippen MR) is 85.7 cm³/mol. The van der Waals surface area contributed by atoms with Crippen molar-refractivity contribution in [2.24, 2.45) is 0 Å². The molecule has 0 amide bonds. The Morgan fingerprint density at radius 3 is 2.40 bits per heavy atom. The minimum absolute atomic E-state index is 0.180. The van der Waals surface area contributed by atoms with Crippen LogP contribution >= 0.6 is 23.5 Å². The molecule has 0 aromatic carbocycles. The third-order valence-corrected chi connectivity index (χ3v) is 4.73. The third kappa shape index (κ3) is 11.2. The summed E-state index contributed by atoms with van der Waals surface area (Å²) >= 11 is 3.49. The summed E-state index contributed by atoms with van der Waals surface area (Å²) in [5, 5.41) is 1.92. The molecule has 0 saturated heterocycles. The Morgan fingerprint density at radius 1 is 1.25 bits per heavy atom. The van der Waals surface area contributed by atoms with Gasteiger partial charge in [-0.3, -0.25) is 9.59 Å². The number of carbonyl (C=O) groups excluding carboxylic acids is 2. The minimum Gasteiger partial charge on any atom is -0.461 e. The molecule has 0 aliphatic heterocycles. The van der Waals surface area contributed by atoms with E-state index >= 15 is 0 Å². The summed E-state index contributed by atoms with van der Waals surface area (Å²) in [4.78, 5) is 22.8. The van der Waals surface area contributed by atoms with E-state index in [0.29, 0.717) is 4.58 Å². The molecule has 0 aromatic rings. The standard InChI is InChI=1S/C14H24O4S2/c1-6-13(19-5)20-9-7-8-17-11(15)10-12(16)18-14(2,3)4/h7,9,13H,6,8,10H2,1-5H3. The van der Waals surface area contributed by atoms with Crippen LogP contribution in [0, 0.1) is 0 Å². The van der Waals surface area contributed by atoms with Crippen LogP contribution in [0.25, 0.3) is 0 Å². The lowest BCUT2D eigenvalue weighted by molar-refractivity contribution is -0.161. The monoisotopic (exact) mass is 320 g/mol. The van der Waals surface area contributed by atoms with Gasteiger partial charge >= 0.3 is 11.9 Å². The lowest BCUT2D eigenvalue weighted by atomic mass is 10.2. The highest BCUT2D eigenvalue weighted by Crippen LogP contribution is 2.24. The van der Waals surface area contributed by atoms with E-state index in [2.05, 4.69) is 13.2 Å². The van der Waals surface area contributed by atoms with Gasteiger partial charge in [0, 0.05) is 0 Å². The van der Waals surface area contributed by atoms with Gasteiger partial charge < -0.3 is 9.47 Å². The molecule has 116 valence electrons. The molecular weight excluding hydrogens is 296 g/mol. The predicted octanol–water partition coefficient (Wildman–Crippen LogP) is 3.61. The molecular formula is C14H24O4S2. The van der Waals surface area contributed by atoms with Crippen molar-refractivity contribution in [1.29, 1.82) is 0 Å². The zero-order valence-corrected chi connectivity index (χ0v) is 14.4. The lowest BCUT2D eigenvalue weighted by Gasteiger charge is -2.18. The van der Waals surface area contributed by atoms with Crippen molar-refractivity contribution in [2.75, 3.05) is 12.9 Å². The molecule has 0 saturated carbocycles. The van der Waals surface area contributed by atoms with Crippen molar-refractivity contribution in [2.45, 2.75) is 50.7 Å². The van der Waals surface area contributed by atoms with Gasteiger partial charge in [0.15, 0.2) is 0 Å². The van der Waals surface area contributed by atoms with Crippen LogP contribution in [0.15, 0.2) is 11.5 Å². The molecule has 1 unspecified atom stereocenters. The normalized spacial score (nSPS) is 13.2. The first kappa shape index (κ1) is 19.4. The van der Waals surface area contributed by atoms with E-state index in [1.807, 2.05) is 5.41 Å². The van der Waals surface area contributed by atoms with E-state index in [4.69, 9.17) is 9.47 Å². The molecule has 4 nitrogen and oxygen atoms in total. The Labute approximate surface area is 130 Å². The van der Waals surface area contributed by atoms with Crippen molar-refractivity contribution >= 4 is 35.5 Å². The van der Waals surface area contributed by atoms with Gasteiger partial charge in [-0.05, 0) is 44.9 Å². The van der Waals surface area contributed by atoms with Crippen LogP contribution in [0.3, 0.4) is 0 Å². The Kier molecular flexibility index (Phi) is 9.84. The summed E-state index contributed by atoms with van der Waals surface area (Å²) in [6.45, 7) is 7.58. The molecule has 0 N–H and O–H groups in total. The van der Waals surface area contributed by atoms with Crippen molar-refractivity contribution in [3.8, 4) is 0 Å². The maximum Gasteiger partial charge on any atom is 0.317 e. The van der Waals surface area contributed by atoms with Crippen LogP contribution in [0.1, 0.15) is 40.5 Å². The number of hydrogen-bond acceptors (Lipinski definition) is 6. The highest BCUT2D eigenvalue weighted by atomic mass is 32.2. The van der Waals surface area contributed by atoms with E-state index in [1.54, 1.807) is 50.4 Å². The molecule has 0 heterocycles. The molecule has 0 fully saturated rings. The fraction of sp³-hybridized carbons (Fsp3) is 0.714. The van der Waals surface area contributed by atoms with Gasteiger partial charge in [-0.1, -0.05) is 6.92 Å². The molecule has 0 aliphatic carbocycles. The molecule has 0 aromatic heterocycles. The average molecular weight is 320 g/mol. The molecule has 0 aliphatic rings. The van der Waals surface area contributed by atoms with Crippen LogP contribution in [0.5, 0.6) is 0 Å². The SMILES string of the molecule is CCC(SC)SC=CCOC(=O)CC(=O)OC(C)(C)C. The first-order valence-corrected chi connectivity index (χ1v) is 8.72. The van der Waals surface area contributed by atoms with Gasteiger partial charge in [0.2, 0.25) is 0 Å². The number of carbonyl (C=O) groups is 2. The van der Waals surface area contributed by atoms with Crippen LogP contribution in [-0.2, 0) is 19.1 Å². The number of thioether (sulfide) groups is 2. The van der Waals surface area contributed by atoms with E-state index in [0.717, 1.165) is 6.42 Å². The van der Waals surface area contributed by atoms with Crippen LogP contribution < -0.4 is 0 Å². The van der Waals surface area contributed by atoms with Crippen molar-refractivity contribution in [3.63, 3.8) is 0 Å². The Morgan fingerprint density at radius 2 is 1.90 bits per heavy atom. The summed E-state index contributed by atoms with van der Waals surface area (Å²) in [7, 11) is 0. The average Bonchev–Trinajstić information content (AvgIpc) is 2.31. The molecule has 6 heteroatoms. The minimum atomic E-state index is -0.582. The topological polar surface area (TPSA) is 52.6 Å². The van der Waals surface area contributed by atoms with Crippen LogP contribution in [0.4, 0.5) is 0 Å².